The van der Waals surface area contributed by atoms with E-state index in [4.69, 9.17) is 4.74 Å². The van der Waals surface area contributed by atoms with Gasteiger partial charge in [0.05, 0.1) is 0 Å². The SMILES string of the molecule is O=C(O)[C@@H]1C[C@H](c2ccccc2)CN1C(=O)OCc1ccccc1. The minimum absolute atomic E-state index is 0.0107. The van der Waals surface area contributed by atoms with E-state index in [9.17, 15) is 14.7 Å². The van der Waals surface area contributed by atoms with Crippen LogP contribution >= 0.6 is 0 Å². The van der Waals surface area contributed by atoms with Gasteiger partial charge in [0.2, 0.25) is 0 Å². The van der Waals surface area contributed by atoms with Crippen molar-refractivity contribution in [2.24, 2.45) is 0 Å². The summed E-state index contributed by atoms with van der Waals surface area (Å²) < 4.78 is 5.30. The Morgan fingerprint density at radius 2 is 1.67 bits per heavy atom. The van der Waals surface area contributed by atoms with Crippen molar-refractivity contribution in [2.45, 2.75) is 25.0 Å². The topological polar surface area (TPSA) is 66.8 Å². The highest BCUT2D eigenvalue weighted by molar-refractivity contribution is 5.81. The van der Waals surface area contributed by atoms with E-state index in [1.54, 1.807) is 0 Å². The number of hydrogen-bond acceptors (Lipinski definition) is 3. The molecule has 0 aromatic heterocycles. The molecule has 1 aliphatic rings. The second kappa shape index (κ2) is 7.17. The van der Waals surface area contributed by atoms with E-state index in [1.807, 2.05) is 60.7 Å². The Hall–Kier alpha value is -2.82. The smallest absolute Gasteiger partial charge is 0.410 e. The van der Waals surface area contributed by atoms with Crippen molar-refractivity contribution in [2.75, 3.05) is 6.54 Å². The molecule has 124 valence electrons. The molecule has 0 radical (unpaired) electrons. The summed E-state index contributed by atoms with van der Waals surface area (Å²) in [6.07, 6.45) is -0.176. The Labute approximate surface area is 140 Å². The highest BCUT2D eigenvalue weighted by Crippen LogP contribution is 2.32. The molecule has 0 unspecified atom stereocenters. The molecule has 1 saturated heterocycles. The lowest BCUT2D eigenvalue weighted by atomic mass is 9.96. The zero-order valence-corrected chi connectivity index (χ0v) is 13.2. The molecule has 5 heteroatoms. The van der Waals surface area contributed by atoms with Crippen molar-refractivity contribution in [3.63, 3.8) is 0 Å². The number of rotatable bonds is 4. The maximum atomic E-state index is 12.4. The van der Waals surface area contributed by atoms with Gasteiger partial charge in [0.1, 0.15) is 12.6 Å². The largest absolute Gasteiger partial charge is 0.480 e. The highest BCUT2D eigenvalue weighted by atomic mass is 16.6. The van der Waals surface area contributed by atoms with E-state index in [1.165, 1.54) is 4.90 Å². The summed E-state index contributed by atoms with van der Waals surface area (Å²) in [5, 5.41) is 9.43. The molecule has 2 atom stereocenters. The molecule has 5 nitrogen and oxygen atoms in total. The van der Waals surface area contributed by atoms with Gasteiger partial charge in [-0.2, -0.15) is 0 Å². The summed E-state index contributed by atoms with van der Waals surface area (Å²) in [4.78, 5) is 25.2. The molecule has 24 heavy (non-hydrogen) atoms. The first-order valence-corrected chi connectivity index (χ1v) is 7.90. The van der Waals surface area contributed by atoms with Gasteiger partial charge in [-0.1, -0.05) is 60.7 Å². The lowest BCUT2D eigenvalue weighted by molar-refractivity contribution is -0.141. The van der Waals surface area contributed by atoms with Gasteiger partial charge in [-0.3, -0.25) is 4.90 Å². The molecule has 0 spiro atoms. The molecule has 1 fully saturated rings. The average molecular weight is 325 g/mol. The number of carboxylic acid groups (broad SMARTS) is 1. The summed E-state index contributed by atoms with van der Waals surface area (Å²) >= 11 is 0. The molecule has 1 aliphatic heterocycles. The zero-order valence-electron chi connectivity index (χ0n) is 13.2. The van der Waals surface area contributed by atoms with Gasteiger partial charge in [-0.25, -0.2) is 9.59 Å². The van der Waals surface area contributed by atoms with Crippen LogP contribution in [0.5, 0.6) is 0 Å². The Kier molecular flexibility index (Phi) is 4.79. The summed E-state index contributed by atoms with van der Waals surface area (Å²) in [5.41, 5.74) is 1.92. The highest BCUT2D eigenvalue weighted by Gasteiger charge is 2.41. The minimum Gasteiger partial charge on any atom is -0.480 e. The lowest BCUT2D eigenvalue weighted by Crippen LogP contribution is -2.40. The van der Waals surface area contributed by atoms with Crippen LogP contribution in [0.3, 0.4) is 0 Å². The van der Waals surface area contributed by atoms with Crippen molar-refractivity contribution < 1.29 is 19.4 Å². The normalized spacial score (nSPS) is 19.9. The average Bonchev–Trinajstić information content (AvgIpc) is 3.07. The van der Waals surface area contributed by atoms with Gasteiger partial charge < -0.3 is 9.84 Å². The number of ether oxygens (including phenoxy) is 1. The first-order chi connectivity index (χ1) is 11.6. The summed E-state index contributed by atoms with van der Waals surface area (Å²) in [5.74, 6) is -0.985. The molecule has 1 N–H and O–H groups in total. The van der Waals surface area contributed by atoms with Crippen molar-refractivity contribution >= 4 is 12.1 Å². The molecule has 1 amide bonds. The first kappa shape index (κ1) is 16.1. The maximum Gasteiger partial charge on any atom is 0.410 e. The number of carbonyl (C=O) groups excluding carboxylic acids is 1. The fourth-order valence-corrected chi connectivity index (χ4v) is 3.04. The predicted molar refractivity (Wildman–Crippen MR) is 88.6 cm³/mol. The Morgan fingerprint density at radius 1 is 1.04 bits per heavy atom. The van der Waals surface area contributed by atoms with E-state index in [0.717, 1.165) is 11.1 Å². The van der Waals surface area contributed by atoms with Crippen LogP contribution in [-0.2, 0) is 16.1 Å². The number of aliphatic carboxylic acids is 1. The van der Waals surface area contributed by atoms with Crippen molar-refractivity contribution in [1.82, 2.24) is 4.90 Å². The first-order valence-electron chi connectivity index (χ1n) is 7.90. The Morgan fingerprint density at radius 3 is 2.29 bits per heavy atom. The molecule has 2 aromatic rings. The van der Waals surface area contributed by atoms with Gasteiger partial charge >= 0.3 is 12.1 Å². The van der Waals surface area contributed by atoms with Gasteiger partial charge in [0.15, 0.2) is 0 Å². The van der Waals surface area contributed by atoms with E-state index in [0.29, 0.717) is 13.0 Å². The standard InChI is InChI=1S/C19H19NO4/c21-18(22)17-11-16(15-9-5-2-6-10-15)12-20(17)19(23)24-13-14-7-3-1-4-8-14/h1-10,16-17H,11-13H2,(H,21,22)/t16-,17-/m0/s1. The lowest BCUT2D eigenvalue weighted by Gasteiger charge is -2.20. The predicted octanol–water partition coefficient (Wildman–Crippen LogP) is 3.27. The molecule has 3 rings (SSSR count). The van der Waals surface area contributed by atoms with Crippen LogP contribution in [0.4, 0.5) is 4.79 Å². The van der Waals surface area contributed by atoms with Crippen molar-refractivity contribution in [3.05, 3.63) is 71.8 Å². The van der Waals surface area contributed by atoms with Crippen LogP contribution in [-0.4, -0.2) is 34.7 Å². The van der Waals surface area contributed by atoms with Crippen LogP contribution in [0.1, 0.15) is 23.5 Å². The van der Waals surface area contributed by atoms with Gasteiger partial charge in [0, 0.05) is 12.5 Å². The molecular weight excluding hydrogens is 306 g/mol. The molecule has 0 saturated carbocycles. The number of nitrogens with zero attached hydrogens (tertiary/aromatic N) is 1. The van der Waals surface area contributed by atoms with E-state index < -0.39 is 18.1 Å². The van der Waals surface area contributed by atoms with Crippen LogP contribution < -0.4 is 0 Å². The molecule has 1 heterocycles. The van der Waals surface area contributed by atoms with E-state index in [2.05, 4.69) is 0 Å². The minimum atomic E-state index is -0.995. The molecule has 0 aliphatic carbocycles. The van der Waals surface area contributed by atoms with Crippen molar-refractivity contribution in [1.29, 1.82) is 0 Å². The van der Waals surface area contributed by atoms with Crippen LogP contribution in [0.2, 0.25) is 0 Å². The number of hydrogen-bond donors (Lipinski definition) is 1. The number of likely N-dealkylation sites (tertiary alicyclic amines) is 1. The number of carbonyl (C=O) groups is 2. The number of carboxylic acids is 1. The van der Waals surface area contributed by atoms with Crippen LogP contribution in [0.25, 0.3) is 0 Å². The summed E-state index contributed by atoms with van der Waals surface area (Å²) in [6.45, 7) is 0.493. The third kappa shape index (κ3) is 3.56. The summed E-state index contributed by atoms with van der Waals surface area (Å²) in [7, 11) is 0. The third-order valence-electron chi connectivity index (χ3n) is 4.30. The molecule has 0 bridgehead atoms. The van der Waals surface area contributed by atoms with Gasteiger partial charge in [-0.05, 0) is 17.5 Å². The monoisotopic (exact) mass is 325 g/mol. The Bertz CT molecular complexity index is 702. The van der Waals surface area contributed by atoms with Gasteiger partial charge in [0.25, 0.3) is 0 Å². The van der Waals surface area contributed by atoms with Crippen LogP contribution in [0, 0.1) is 0 Å². The van der Waals surface area contributed by atoms with Crippen LogP contribution in [0.15, 0.2) is 60.7 Å². The second-order valence-corrected chi connectivity index (χ2v) is 5.89. The second-order valence-electron chi connectivity index (χ2n) is 5.89. The molecule has 2 aromatic carbocycles. The number of benzene rings is 2. The fraction of sp³-hybridized carbons (Fsp3) is 0.263. The maximum absolute atomic E-state index is 12.4. The quantitative estimate of drug-likeness (QED) is 0.937. The zero-order chi connectivity index (χ0) is 16.9. The van der Waals surface area contributed by atoms with E-state index >= 15 is 0 Å². The number of amides is 1. The third-order valence-corrected chi connectivity index (χ3v) is 4.30. The molecular formula is C19H19NO4. The Balaban J connectivity index is 1.68. The fourth-order valence-electron chi connectivity index (χ4n) is 3.04. The van der Waals surface area contributed by atoms with E-state index in [-0.39, 0.29) is 12.5 Å². The van der Waals surface area contributed by atoms with Crippen molar-refractivity contribution in [3.8, 4) is 0 Å². The summed E-state index contributed by atoms with van der Waals surface area (Å²) in [6, 6.07) is 18.2. The van der Waals surface area contributed by atoms with Gasteiger partial charge in [-0.15, -0.1) is 0 Å².